The quantitative estimate of drug-likeness (QED) is 0.792. The largest absolute Gasteiger partial charge is 0.453 e. The van der Waals surface area contributed by atoms with Crippen molar-refractivity contribution >= 4 is 53.4 Å². The first kappa shape index (κ1) is 18.6. The number of sulfonamides is 2. The molecule has 0 fully saturated rings. The number of rotatable bonds is 4. The van der Waals surface area contributed by atoms with E-state index in [1.807, 2.05) is 5.32 Å². The van der Waals surface area contributed by atoms with Crippen LogP contribution in [0.4, 0.5) is 20.6 Å². The van der Waals surface area contributed by atoms with Crippen molar-refractivity contribution in [1.82, 2.24) is 0 Å². The Morgan fingerprint density at radius 3 is 2.14 bits per heavy atom. The maximum absolute atomic E-state index is 13.8. The molecule has 0 saturated carbocycles. The summed E-state index contributed by atoms with van der Waals surface area (Å²) in [5, 5.41) is 2.01. The molecule has 124 valence electrons. The van der Waals surface area contributed by atoms with E-state index in [1.54, 1.807) is 0 Å². The Morgan fingerprint density at radius 1 is 1.23 bits per heavy atom. The predicted molar refractivity (Wildman–Crippen MR) is 82.3 cm³/mol. The molecule has 1 rings (SSSR count). The Kier molecular flexibility index (Phi) is 5.41. The van der Waals surface area contributed by atoms with Gasteiger partial charge >= 0.3 is 6.09 Å². The van der Waals surface area contributed by atoms with Crippen LogP contribution in [0, 0.1) is 5.82 Å². The van der Waals surface area contributed by atoms with Gasteiger partial charge in [-0.05, 0) is 28.1 Å². The number of methoxy groups -OCH3 is 1. The average molecular weight is 419 g/mol. The molecule has 0 unspecified atom stereocenters. The topological polar surface area (TPSA) is 110 Å². The zero-order valence-electron chi connectivity index (χ0n) is 11.6. The lowest BCUT2D eigenvalue weighted by atomic mass is 10.2. The van der Waals surface area contributed by atoms with Gasteiger partial charge in [-0.1, -0.05) is 0 Å². The highest BCUT2D eigenvalue weighted by molar-refractivity contribution is 9.10. The molecule has 12 heteroatoms. The third-order valence-corrected chi connectivity index (χ3v) is 6.12. The number of halogens is 2. The molecule has 1 aromatic carbocycles. The summed E-state index contributed by atoms with van der Waals surface area (Å²) in [4.78, 5) is 11.1. The van der Waals surface area contributed by atoms with Gasteiger partial charge in [0, 0.05) is 4.47 Å². The molecule has 0 radical (unpaired) electrons. The molecule has 1 N–H and O–H groups in total. The molecule has 0 aliphatic heterocycles. The van der Waals surface area contributed by atoms with Crippen molar-refractivity contribution in [3.8, 4) is 0 Å². The van der Waals surface area contributed by atoms with Crippen molar-refractivity contribution in [3.05, 3.63) is 22.4 Å². The molecule has 0 atom stereocenters. The van der Waals surface area contributed by atoms with Gasteiger partial charge in [-0.2, -0.15) is 3.71 Å². The van der Waals surface area contributed by atoms with Crippen molar-refractivity contribution in [2.24, 2.45) is 0 Å². The van der Waals surface area contributed by atoms with Crippen LogP contribution < -0.4 is 9.03 Å². The number of amides is 1. The fourth-order valence-corrected chi connectivity index (χ4v) is 5.25. The molecule has 0 aliphatic carbocycles. The first-order valence-electron chi connectivity index (χ1n) is 5.42. The van der Waals surface area contributed by atoms with Crippen LogP contribution in [0.2, 0.25) is 0 Å². The summed E-state index contributed by atoms with van der Waals surface area (Å²) < 4.78 is 65.0. The summed E-state index contributed by atoms with van der Waals surface area (Å²) in [6.45, 7) is 0. The normalized spacial score (nSPS) is 11.9. The monoisotopic (exact) mass is 418 g/mol. The Balaban J connectivity index is 3.58. The van der Waals surface area contributed by atoms with E-state index in [0.717, 1.165) is 19.2 Å². The van der Waals surface area contributed by atoms with Crippen LogP contribution >= 0.6 is 15.9 Å². The van der Waals surface area contributed by atoms with Gasteiger partial charge in [-0.25, -0.2) is 26.0 Å². The van der Waals surface area contributed by atoms with Gasteiger partial charge in [0.15, 0.2) is 0 Å². The van der Waals surface area contributed by atoms with E-state index < -0.39 is 37.6 Å². The van der Waals surface area contributed by atoms with Crippen molar-refractivity contribution in [3.63, 3.8) is 0 Å². The second kappa shape index (κ2) is 6.38. The van der Waals surface area contributed by atoms with Gasteiger partial charge in [-0.3, -0.25) is 5.32 Å². The Labute approximate surface area is 135 Å². The van der Waals surface area contributed by atoms with Crippen LogP contribution in [0.3, 0.4) is 0 Å². The van der Waals surface area contributed by atoms with E-state index >= 15 is 0 Å². The molecule has 8 nitrogen and oxygen atoms in total. The molecular weight excluding hydrogens is 407 g/mol. The standard InChI is InChI=1S/C10H12BrFN2O6S2/c1-20-10(15)13-8-5-9(6(11)4-7(8)12)14(21(2,16)17)22(3,18)19/h4-5H,1-3H3,(H,13,15). The summed E-state index contributed by atoms with van der Waals surface area (Å²) in [7, 11) is -7.38. The van der Waals surface area contributed by atoms with Crippen molar-refractivity contribution in [1.29, 1.82) is 0 Å². The van der Waals surface area contributed by atoms with E-state index in [-0.39, 0.29) is 13.9 Å². The van der Waals surface area contributed by atoms with Crippen LogP contribution in [0.25, 0.3) is 0 Å². The number of anilines is 2. The highest BCUT2D eigenvalue weighted by Gasteiger charge is 2.30. The summed E-state index contributed by atoms with van der Waals surface area (Å²) >= 11 is 2.90. The second-order valence-electron chi connectivity index (χ2n) is 4.12. The van der Waals surface area contributed by atoms with Crippen LogP contribution in [0.1, 0.15) is 0 Å². The lowest BCUT2D eigenvalue weighted by molar-refractivity contribution is 0.187. The van der Waals surface area contributed by atoms with Crippen LogP contribution in [0.15, 0.2) is 16.6 Å². The molecule has 0 aliphatic rings. The zero-order valence-corrected chi connectivity index (χ0v) is 14.8. The maximum Gasteiger partial charge on any atom is 0.411 e. The third-order valence-electron chi connectivity index (χ3n) is 2.26. The first-order chi connectivity index (χ1) is 9.87. The van der Waals surface area contributed by atoms with Crippen LogP contribution in [-0.4, -0.2) is 42.6 Å². The molecule has 0 saturated heterocycles. The lowest BCUT2D eigenvalue weighted by Gasteiger charge is -2.22. The number of nitrogens with zero attached hydrogens (tertiary/aromatic N) is 1. The minimum atomic E-state index is -4.21. The molecule has 22 heavy (non-hydrogen) atoms. The summed E-state index contributed by atoms with van der Waals surface area (Å²) in [5.74, 6) is -0.914. The molecular formula is C10H12BrFN2O6S2. The van der Waals surface area contributed by atoms with Gasteiger partial charge in [0.1, 0.15) is 5.82 Å². The SMILES string of the molecule is COC(=O)Nc1cc(N(S(C)(=O)=O)S(C)(=O)=O)c(Br)cc1F. The van der Waals surface area contributed by atoms with Gasteiger partial charge < -0.3 is 4.74 Å². The van der Waals surface area contributed by atoms with E-state index in [0.29, 0.717) is 12.5 Å². The zero-order chi connectivity index (χ0) is 17.3. The summed E-state index contributed by atoms with van der Waals surface area (Å²) in [5.41, 5.74) is -0.819. The summed E-state index contributed by atoms with van der Waals surface area (Å²) in [6.07, 6.45) is 0.353. The number of hydrogen-bond donors (Lipinski definition) is 1. The van der Waals surface area contributed by atoms with Crippen LogP contribution in [-0.2, 0) is 24.8 Å². The van der Waals surface area contributed by atoms with Crippen molar-refractivity contribution in [2.45, 2.75) is 0 Å². The second-order valence-corrected chi connectivity index (χ2v) is 8.87. The molecule has 1 amide bonds. The molecule has 1 aromatic rings. The smallest absolute Gasteiger partial charge is 0.411 e. The Hall–Kier alpha value is -1.40. The van der Waals surface area contributed by atoms with Gasteiger partial charge in [0.05, 0.1) is 31.0 Å². The van der Waals surface area contributed by atoms with Crippen molar-refractivity contribution in [2.75, 3.05) is 28.6 Å². The molecule has 0 heterocycles. The Morgan fingerprint density at radius 2 is 1.73 bits per heavy atom. The number of nitrogens with one attached hydrogen (secondary N) is 1. The number of benzene rings is 1. The number of ether oxygens (including phenoxy) is 1. The van der Waals surface area contributed by atoms with E-state index in [4.69, 9.17) is 0 Å². The van der Waals surface area contributed by atoms with Crippen LogP contribution in [0.5, 0.6) is 0 Å². The maximum atomic E-state index is 13.8. The van der Waals surface area contributed by atoms with Gasteiger partial charge in [0.25, 0.3) is 0 Å². The third kappa shape index (κ3) is 4.30. The molecule has 0 spiro atoms. The van der Waals surface area contributed by atoms with E-state index in [9.17, 15) is 26.0 Å². The number of carbonyl (C=O) groups is 1. The minimum Gasteiger partial charge on any atom is -0.453 e. The fraction of sp³-hybridized carbons (Fsp3) is 0.300. The van der Waals surface area contributed by atoms with Gasteiger partial charge in [-0.15, -0.1) is 0 Å². The minimum absolute atomic E-state index is 0.117. The Bertz CT molecular complexity index is 777. The van der Waals surface area contributed by atoms with Gasteiger partial charge in [0.2, 0.25) is 20.0 Å². The van der Waals surface area contributed by atoms with E-state index in [2.05, 4.69) is 20.7 Å². The fourth-order valence-electron chi connectivity index (χ4n) is 1.54. The van der Waals surface area contributed by atoms with Crippen molar-refractivity contribution < 1.29 is 30.8 Å². The van der Waals surface area contributed by atoms with E-state index in [1.165, 1.54) is 0 Å². The highest BCUT2D eigenvalue weighted by Crippen LogP contribution is 2.34. The lowest BCUT2D eigenvalue weighted by Crippen LogP contribution is -2.35. The average Bonchev–Trinajstić information content (AvgIpc) is 2.31. The molecule has 0 bridgehead atoms. The predicted octanol–water partition coefficient (Wildman–Crippen LogP) is 1.49. The highest BCUT2D eigenvalue weighted by atomic mass is 79.9. The number of hydrogen-bond acceptors (Lipinski definition) is 6. The summed E-state index contributed by atoms with van der Waals surface area (Å²) in [6, 6.07) is 1.68. The first-order valence-corrected chi connectivity index (χ1v) is 9.91. The molecule has 0 aromatic heterocycles. The number of carbonyl (C=O) groups excluding carboxylic acids is 1.